The average Bonchev–Trinajstić information content (AvgIpc) is 2.67. The molecule has 1 fully saturated rings. The summed E-state index contributed by atoms with van der Waals surface area (Å²) in [5.74, 6) is -0.678. The number of amides is 1. The summed E-state index contributed by atoms with van der Waals surface area (Å²) in [4.78, 5) is 16.4. The Kier molecular flexibility index (Phi) is 5.83. The van der Waals surface area contributed by atoms with E-state index in [0.717, 1.165) is 0 Å². The molecule has 26 heavy (non-hydrogen) atoms. The van der Waals surface area contributed by atoms with Crippen LogP contribution in [0.5, 0.6) is 0 Å². The Morgan fingerprint density at radius 2 is 1.62 bits per heavy atom. The lowest BCUT2D eigenvalue weighted by Crippen LogP contribution is -2.54. The van der Waals surface area contributed by atoms with Crippen molar-refractivity contribution in [1.82, 2.24) is 10.2 Å². The molecule has 0 aliphatic carbocycles. The lowest BCUT2D eigenvalue weighted by molar-refractivity contribution is -0.126. The van der Waals surface area contributed by atoms with Gasteiger partial charge in [0.25, 0.3) is 0 Å². The van der Waals surface area contributed by atoms with E-state index in [4.69, 9.17) is 0 Å². The number of nitrogens with one attached hydrogen (secondary N) is 1. The smallest absolute Gasteiger partial charge is 0.237 e. The Bertz CT molecular complexity index is 760. The number of hydrogen-bond donors (Lipinski definition) is 1. The summed E-state index contributed by atoms with van der Waals surface area (Å²) >= 11 is 0. The Labute approximate surface area is 152 Å². The first-order chi connectivity index (χ1) is 12.6. The summed E-state index contributed by atoms with van der Waals surface area (Å²) in [7, 11) is 0. The molecule has 2 aromatic carbocycles. The van der Waals surface area contributed by atoms with Gasteiger partial charge < -0.3 is 10.2 Å². The maximum atomic E-state index is 13.9. The van der Waals surface area contributed by atoms with Crippen LogP contribution in [0.25, 0.3) is 0 Å². The van der Waals surface area contributed by atoms with E-state index in [1.807, 2.05) is 17.9 Å². The molecule has 1 atom stereocenters. The van der Waals surface area contributed by atoms with Gasteiger partial charge in [0.05, 0.1) is 11.7 Å². The molecular weight excluding hydrogens is 336 g/mol. The van der Waals surface area contributed by atoms with E-state index >= 15 is 0 Å². The molecular formula is C20H23F2N3O. The van der Waals surface area contributed by atoms with Gasteiger partial charge in [0.2, 0.25) is 5.91 Å². The molecule has 3 rings (SSSR count). The highest BCUT2D eigenvalue weighted by Crippen LogP contribution is 2.20. The summed E-state index contributed by atoms with van der Waals surface area (Å²) in [6.45, 7) is 4.67. The van der Waals surface area contributed by atoms with Gasteiger partial charge in [-0.2, -0.15) is 0 Å². The number of benzene rings is 2. The lowest BCUT2D eigenvalue weighted by atomic mass is 10.1. The van der Waals surface area contributed by atoms with Crippen LogP contribution in [0, 0.1) is 11.6 Å². The van der Waals surface area contributed by atoms with E-state index in [1.54, 1.807) is 30.3 Å². The van der Waals surface area contributed by atoms with Gasteiger partial charge in [-0.15, -0.1) is 0 Å². The van der Waals surface area contributed by atoms with Crippen LogP contribution in [0.1, 0.15) is 12.5 Å². The van der Waals surface area contributed by atoms with Crippen molar-refractivity contribution in [3.05, 3.63) is 65.7 Å². The molecule has 1 heterocycles. The average molecular weight is 359 g/mol. The van der Waals surface area contributed by atoms with Gasteiger partial charge in [-0.25, -0.2) is 8.78 Å². The van der Waals surface area contributed by atoms with E-state index in [9.17, 15) is 13.6 Å². The normalized spacial score (nSPS) is 16.3. The largest absolute Gasteiger partial charge is 0.367 e. The standard InChI is InChI=1S/C20H23F2N3O/c1-15(20(26)23-14-16-6-2-3-7-17(16)21)24-10-12-25(13-11-24)19-9-5-4-8-18(19)22/h2-9,15H,10-14H2,1H3,(H,23,26)/t15-/m1/s1. The summed E-state index contributed by atoms with van der Waals surface area (Å²) < 4.78 is 27.5. The van der Waals surface area contributed by atoms with E-state index in [-0.39, 0.29) is 30.1 Å². The number of piperazine rings is 1. The molecule has 1 aliphatic heterocycles. The molecule has 2 aromatic rings. The molecule has 1 aliphatic rings. The van der Waals surface area contributed by atoms with Crippen molar-refractivity contribution >= 4 is 11.6 Å². The molecule has 1 N–H and O–H groups in total. The minimum Gasteiger partial charge on any atom is -0.367 e. The molecule has 1 saturated heterocycles. The second-order valence-electron chi connectivity index (χ2n) is 6.46. The second-order valence-corrected chi connectivity index (χ2v) is 6.46. The van der Waals surface area contributed by atoms with Crippen molar-refractivity contribution in [2.75, 3.05) is 31.1 Å². The zero-order valence-corrected chi connectivity index (χ0v) is 14.8. The monoisotopic (exact) mass is 359 g/mol. The molecule has 4 nitrogen and oxygen atoms in total. The Morgan fingerprint density at radius 1 is 1.00 bits per heavy atom. The van der Waals surface area contributed by atoms with Crippen LogP contribution in [0.3, 0.4) is 0 Å². The number of halogens is 2. The van der Waals surface area contributed by atoms with Gasteiger partial charge in [0, 0.05) is 38.3 Å². The summed E-state index contributed by atoms with van der Waals surface area (Å²) in [5.41, 5.74) is 1.07. The third-order valence-electron chi connectivity index (χ3n) is 4.85. The molecule has 1 amide bonds. The molecule has 0 spiro atoms. The number of carbonyl (C=O) groups is 1. The maximum Gasteiger partial charge on any atom is 0.237 e. The van der Waals surface area contributed by atoms with E-state index < -0.39 is 0 Å². The van der Waals surface area contributed by atoms with Crippen LogP contribution < -0.4 is 10.2 Å². The van der Waals surface area contributed by atoms with Crippen molar-refractivity contribution in [2.24, 2.45) is 0 Å². The maximum absolute atomic E-state index is 13.9. The highest BCUT2D eigenvalue weighted by atomic mass is 19.1. The number of nitrogens with zero attached hydrogens (tertiary/aromatic N) is 2. The van der Waals surface area contributed by atoms with Gasteiger partial charge in [0.1, 0.15) is 11.6 Å². The van der Waals surface area contributed by atoms with Gasteiger partial charge in [0.15, 0.2) is 0 Å². The number of carbonyl (C=O) groups excluding carboxylic acids is 1. The molecule has 138 valence electrons. The topological polar surface area (TPSA) is 35.6 Å². The number of para-hydroxylation sites is 1. The number of anilines is 1. The molecule has 0 bridgehead atoms. The van der Waals surface area contributed by atoms with Crippen LogP contribution in [-0.4, -0.2) is 43.0 Å². The number of rotatable bonds is 5. The van der Waals surface area contributed by atoms with Gasteiger partial charge in [-0.05, 0) is 25.1 Å². The fourth-order valence-electron chi connectivity index (χ4n) is 3.20. The van der Waals surface area contributed by atoms with Crippen LogP contribution in [-0.2, 0) is 11.3 Å². The predicted molar refractivity (Wildman–Crippen MR) is 97.9 cm³/mol. The Hall–Kier alpha value is -2.47. The third kappa shape index (κ3) is 4.19. The van der Waals surface area contributed by atoms with E-state index in [2.05, 4.69) is 10.2 Å². The summed E-state index contributed by atoms with van der Waals surface area (Å²) in [6.07, 6.45) is 0. The predicted octanol–water partition coefficient (Wildman–Crippen LogP) is 2.79. The quantitative estimate of drug-likeness (QED) is 0.892. The molecule has 0 unspecified atom stereocenters. The summed E-state index contributed by atoms with van der Waals surface area (Å²) in [6, 6.07) is 12.8. The van der Waals surface area contributed by atoms with Crippen LogP contribution >= 0.6 is 0 Å². The minimum atomic E-state index is -0.320. The van der Waals surface area contributed by atoms with Gasteiger partial charge >= 0.3 is 0 Å². The summed E-state index contributed by atoms with van der Waals surface area (Å²) in [5, 5.41) is 2.79. The first-order valence-corrected chi connectivity index (χ1v) is 8.81. The van der Waals surface area contributed by atoms with Crippen molar-refractivity contribution < 1.29 is 13.6 Å². The first-order valence-electron chi connectivity index (χ1n) is 8.81. The van der Waals surface area contributed by atoms with Crippen LogP contribution in [0.4, 0.5) is 14.5 Å². The molecule has 0 radical (unpaired) electrons. The Balaban J connectivity index is 1.51. The lowest BCUT2D eigenvalue weighted by Gasteiger charge is -2.38. The zero-order valence-electron chi connectivity index (χ0n) is 14.8. The highest BCUT2D eigenvalue weighted by Gasteiger charge is 2.26. The fraction of sp³-hybridized carbons (Fsp3) is 0.350. The van der Waals surface area contributed by atoms with Crippen LogP contribution in [0.15, 0.2) is 48.5 Å². The molecule has 0 saturated carbocycles. The SMILES string of the molecule is C[C@H](C(=O)NCc1ccccc1F)N1CCN(c2ccccc2F)CC1. The highest BCUT2D eigenvalue weighted by molar-refractivity contribution is 5.81. The zero-order chi connectivity index (χ0) is 18.5. The van der Waals surface area contributed by atoms with Gasteiger partial charge in [-0.3, -0.25) is 9.69 Å². The van der Waals surface area contributed by atoms with Crippen molar-refractivity contribution in [3.8, 4) is 0 Å². The van der Waals surface area contributed by atoms with E-state index in [1.165, 1.54) is 12.1 Å². The fourth-order valence-corrected chi connectivity index (χ4v) is 3.20. The molecule has 0 aromatic heterocycles. The first kappa shape index (κ1) is 18.3. The number of hydrogen-bond acceptors (Lipinski definition) is 3. The van der Waals surface area contributed by atoms with Crippen molar-refractivity contribution in [1.29, 1.82) is 0 Å². The minimum absolute atomic E-state index is 0.132. The van der Waals surface area contributed by atoms with Gasteiger partial charge in [-0.1, -0.05) is 30.3 Å². The second kappa shape index (κ2) is 8.27. The van der Waals surface area contributed by atoms with Crippen molar-refractivity contribution in [2.45, 2.75) is 19.5 Å². The van der Waals surface area contributed by atoms with Crippen LogP contribution in [0.2, 0.25) is 0 Å². The third-order valence-corrected chi connectivity index (χ3v) is 4.85. The Morgan fingerprint density at radius 3 is 2.27 bits per heavy atom. The molecule has 6 heteroatoms. The van der Waals surface area contributed by atoms with Crippen molar-refractivity contribution in [3.63, 3.8) is 0 Å². The van der Waals surface area contributed by atoms with E-state index in [0.29, 0.717) is 37.4 Å².